The van der Waals surface area contributed by atoms with E-state index < -0.39 is 0 Å². The van der Waals surface area contributed by atoms with E-state index in [-0.39, 0.29) is 0 Å². The lowest BCUT2D eigenvalue weighted by Gasteiger charge is -2.25. The average Bonchev–Trinajstić information content (AvgIpc) is 2.71. The van der Waals surface area contributed by atoms with Crippen LogP contribution in [-0.4, -0.2) is 36.5 Å². The van der Waals surface area contributed by atoms with Crippen molar-refractivity contribution in [2.24, 2.45) is 17.3 Å². The summed E-state index contributed by atoms with van der Waals surface area (Å²) in [5, 5.41) is 3.50. The number of nitrogens with zero attached hydrogens (tertiary/aromatic N) is 1. The summed E-state index contributed by atoms with van der Waals surface area (Å²) >= 11 is 0. The normalized spacial score (nSPS) is 29.4. The zero-order valence-corrected chi connectivity index (χ0v) is 12.3. The standard InChI is InChI=1S/C15H28N2O/c1-11(8-15(2,3)4)7-14(18)17-9-12-5-6-16-13(12)10-17/h11-13,16H,5-10H2,1-4H3/t11?,12-,13+/m0/s1. The number of rotatable bonds is 3. The molecule has 0 aromatic carbocycles. The van der Waals surface area contributed by atoms with Crippen molar-refractivity contribution in [1.29, 1.82) is 0 Å². The quantitative estimate of drug-likeness (QED) is 0.835. The van der Waals surface area contributed by atoms with Crippen molar-refractivity contribution in [2.45, 2.75) is 53.0 Å². The number of hydrogen-bond acceptors (Lipinski definition) is 2. The summed E-state index contributed by atoms with van der Waals surface area (Å²) in [6.45, 7) is 12.0. The molecule has 1 amide bonds. The van der Waals surface area contributed by atoms with Crippen LogP contribution < -0.4 is 5.32 Å². The predicted octanol–water partition coefficient (Wildman–Crippen LogP) is 2.27. The van der Waals surface area contributed by atoms with Crippen molar-refractivity contribution >= 4 is 5.91 Å². The van der Waals surface area contributed by atoms with Gasteiger partial charge in [-0.1, -0.05) is 27.7 Å². The van der Waals surface area contributed by atoms with Crippen molar-refractivity contribution in [2.75, 3.05) is 19.6 Å². The summed E-state index contributed by atoms with van der Waals surface area (Å²) in [4.78, 5) is 14.4. The molecule has 0 spiro atoms. The van der Waals surface area contributed by atoms with Crippen LogP contribution >= 0.6 is 0 Å². The summed E-state index contributed by atoms with van der Waals surface area (Å²) in [6.07, 6.45) is 3.08. The number of amides is 1. The fourth-order valence-corrected chi connectivity index (χ4v) is 3.60. The second kappa shape index (κ2) is 5.20. The van der Waals surface area contributed by atoms with Crippen LogP contribution in [0.2, 0.25) is 0 Å². The van der Waals surface area contributed by atoms with Gasteiger partial charge in [-0.3, -0.25) is 4.79 Å². The minimum Gasteiger partial charge on any atom is -0.341 e. The van der Waals surface area contributed by atoms with Gasteiger partial charge in [0, 0.05) is 25.6 Å². The van der Waals surface area contributed by atoms with Gasteiger partial charge in [-0.05, 0) is 36.6 Å². The molecule has 2 heterocycles. The molecule has 0 saturated carbocycles. The molecular weight excluding hydrogens is 224 g/mol. The van der Waals surface area contributed by atoms with Crippen LogP contribution in [0, 0.1) is 17.3 Å². The second-order valence-corrected chi connectivity index (χ2v) is 7.48. The van der Waals surface area contributed by atoms with Crippen molar-refractivity contribution < 1.29 is 4.79 Å². The van der Waals surface area contributed by atoms with Gasteiger partial charge < -0.3 is 10.2 Å². The molecule has 18 heavy (non-hydrogen) atoms. The van der Waals surface area contributed by atoms with Crippen LogP contribution in [0.25, 0.3) is 0 Å². The van der Waals surface area contributed by atoms with E-state index in [1.807, 2.05) is 0 Å². The minimum absolute atomic E-state index is 0.322. The fraction of sp³-hybridized carbons (Fsp3) is 0.933. The maximum absolute atomic E-state index is 12.3. The number of hydrogen-bond donors (Lipinski definition) is 1. The monoisotopic (exact) mass is 252 g/mol. The summed E-state index contributed by atoms with van der Waals surface area (Å²) in [5.41, 5.74) is 0.322. The van der Waals surface area contributed by atoms with Crippen LogP contribution in [0.15, 0.2) is 0 Å². The van der Waals surface area contributed by atoms with Crippen LogP contribution in [0.5, 0.6) is 0 Å². The number of carbonyl (C=O) groups is 1. The Hall–Kier alpha value is -0.570. The Balaban J connectivity index is 1.78. The third-order valence-electron chi connectivity index (χ3n) is 4.20. The van der Waals surface area contributed by atoms with E-state index in [4.69, 9.17) is 0 Å². The molecule has 3 nitrogen and oxygen atoms in total. The van der Waals surface area contributed by atoms with Gasteiger partial charge in [0.05, 0.1) is 0 Å². The van der Waals surface area contributed by atoms with Gasteiger partial charge in [0.2, 0.25) is 5.91 Å². The van der Waals surface area contributed by atoms with Crippen molar-refractivity contribution in [3.05, 3.63) is 0 Å². The number of nitrogens with one attached hydrogen (secondary N) is 1. The SMILES string of the molecule is CC(CC(=O)N1C[C@@H]2CCN[C@@H]2C1)CC(C)(C)C. The largest absolute Gasteiger partial charge is 0.341 e. The Labute approximate surface area is 111 Å². The molecule has 2 rings (SSSR count). The lowest BCUT2D eigenvalue weighted by molar-refractivity contribution is -0.131. The third kappa shape index (κ3) is 3.47. The molecule has 0 bridgehead atoms. The highest BCUT2D eigenvalue weighted by atomic mass is 16.2. The molecule has 0 aromatic rings. The van der Waals surface area contributed by atoms with E-state index >= 15 is 0 Å². The van der Waals surface area contributed by atoms with E-state index in [1.54, 1.807) is 0 Å². The first-order valence-corrected chi connectivity index (χ1v) is 7.36. The molecule has 2 saturated heterocycles. The van der Waals surface area contributed by atoms with Crippen LogP contribution in [-0.2, 0) is 4.79 Å². The van der Waals surface area contributed by atoms with Crippen LogP contribution in [0.1, 0.15) is 47.0 Å². The average molecular weight is 252 g/mol. The third-order valence-corrected chi connectivity index (χ3v) is 4.20. The van der Waals surface area contributed by atoms with Gasteiger partial charge in [-0.15, -0.1) is 0 Å². The molecule has 3 atom stereocenters. The molecule has 2 aliphatic rings. The van der Waals surface area contributed by atoms with E-state index in [9.17, 15) is 4.79 Å². The highest BCUT2D eigenvalue weighted by molar-refractivity contribution is 5.76. The molecular formula is C15H28N2O. The van der Waals surface area contributed by atoms with Gasteiger partial charge in [0.15, 0.2) is 0 Å². The number of carbonyl (C=O) groups excluding carboxylic acids is 1. The molecule has 2 aliphatic heterocycles. The number of fused-ring (bicyclic) bond motifs is 1. The van der Waals surface area contributed by atoms with E-state index in [0.717, 1.165) is 32.5 Å². The molecule has 2 fully saturated rings. The summed E-state index contributed by atoms with van der Waals surface area (Å²) in [5.74, 6) is 1.57. The summed E-state index contributed by atoms with van der Waals surface area (Å²) in [6, 6.07) is 0.576. The van der Waals surface area contributed by atoms with Crippen LogP contribution in [0.3, 0.4) is 0 Å². The molecule has 0 aliphatic carbocycles. The lowest BCUT2D eigenvalue weighted by Crippen LogP contribution is -2.34. The highest BCUT2D eigenvalue weighted by Gasteiger charge is 2.38. The molecule has 3 heteroatoms. The van der Waals surface area contributed by atoms with Gasteiger partial charge in [-0.2, -0.15) is 0 Å². The maximum Gasteiger partial charge on any atom is 0.222 e. The zero-order valence-electron chi connectivity index (χ0n) is 12.3. The first kappa shape index (κ1) is 13.9. The van der Waals surface area contributed by atoms with E-state index in [2.05, 4.69) is 37.9 Å². The minimum atomic E-state index is 0.322. The first-order chi connectivity index (χ1) is 8.35. The number of likely N-dealkylation sites (tertiary alicyclic amines) is 1. The molecule has 104 valence electrons. The predicted molar refractivity (Wildman–Crippen MR) is 74.3 cm³/mol. The Kier molecular flexibility index (Phi) is 4.00. The van der Waals surface area contributed by atoms with Crippen molar-refractivity contribution in [3.63, 3.8) is 0 Å². The smallest absolute Gasteiger partial charge is 0.222 e. The van der Waals surface area contributed by atoms with Gasteiger partial charge in [0.25, 0.3) is 0 Å². The topological polar surface area (TPSA) is 32.3 Å². The molecule has 1 N–H and O–H groups in total. The van der Waals surface area contributed by atoms with E-state index in [0.29, 0.717) is 29.2 Å². The Morgan fingerprint density at radius 2 is 2.11 bits per heavy atom. The zero-order chi connectivity index (χ0) is 13.3. The highest BCUT2D eigenvalue weighted by Crippen LogP contribution is 2.29. The molecule has 1 unspecified atom stereocenters. The van der Waals surface area contributed by atoms with Crippen molar-refractivity contribution in [3.8, 4) is 0 Å². The Bertz CT molecular complexity index is 296. The molecule has 0 aromatic heterocycles. The molecule has 0 radical (unpaired) electrons. The summed E-state index contributed by atoms with van der Waals surface area (Å²) in [7, 11) is 0. The Morgan fingerprint density at radius 1 is 1.39 bits per heavy atom. The van der Waals surface area contributed by atoms with E-state index in [1.165, 1.54) is 6.42 Å². The van der Waals surface area contributed by atoms with Crippen LogP contribution in [0.4, 0.5) is 0 Å². The summed E-state index contributed by atoms with van der Waals surface area (Å²) < 4.78 is 0. The van der Waals surface area contributed by atoms with Gasteiger partial charge >= 0.3 is 0 Å². The maximum atomic E-state index is 12.3. The lowest BCUT2D eigenvalue weighted by atomic mass is 9.84. The van der Waals surface area contributed by atoms with Gasteiger partial charge in [0.1, 0.15) is 0 Å². The van der Waals surface area contributed by atoms with Gasteiger partial charge in [-0.25, -0.2) is 0 Å². The fourth-order valence-electron chi connectivity index (χ4n) is 3.60. The Morgan fingerprint density at radius 3 is 2.72 bits per heavy atom. The van der Waals surface area contributed by atoms with Crippen molar-refractivity contribution in [1.82, 2.24) is 10.2 Å². The second-order valence-electron chi connectivity index (χ2n) is 7.48. The first-order valence-electron chi connectivity index (χ1n) is 7.36.